The number of aryl methyl sites for hydroxylation is 1. The molecule has 0 radical (unpaired) electrons. The van der Waals surface area contributed by atoms with E-state index in [1.165, 1.54) is 31.0 Å². The molecule has 0 aromatic carbocycles. The fourth-order valence-electron chi connectivity index (χ4n) is 7.02. The van der Waals surface area contributed by atoms with Crippen LogP contribution in [0.15, 0.2) is 11.2 Å². The minimum Gasteiger partial charge on any atom is -0.475 e. The Hall–Kier alpha value is -1.87. The molecule has 2 aromatic heterocycles. The van der Waals surface area contributed by atoms with Crippen molar-refractivity contribution < 1.29 is 14.3 Å². The standard InChI is InChI=1S/C23H31N5O3S/c1-14-5-19(28-21(24-14)25-22(26-28)32-2)31-13-18-12-27(3-4-30-18)20(29)23-9-15-6-16(10-23)8-17(7-15)11-23/h5,15-18H,3-4,6-13H2,1-2H3. The summed E-state index contributed by atoms with van der Waals surface area (Å²) in [6, 6.07) is 1.87. The van der Waals surface area contributed by atoms with Crippen LogP contribution in [0, 0.1) is 30.1 Å². The van der Waals surface area contributed by atoms with Crippen LogP contribution in [0.5, 0.6) is 5.88 Å². The monoisotopic (exact) mass is 457 g/mol. The molecule has 9 heteroatoms. The number of carbonyl (C=O) groups excluding carboxylic acids is 1. The topological polar surface area (TPSA) is 81.9 Å². The van der Waals surface area contributed by atoms with Crippen molar-refractivity contribution in [3.05, 3.63) is 11.8 Å². The summed E-state index contributed by atoms with van der Waals surface area (Å²) >= 11 is 1.47. The average Bonchev–Trinajstić information content (AvgIpc) is 3.19. The summed E-state index contributed by atoms with van der Waals surface area (Å²) in [5.74, 6) is 3.85. The second-order valence-electron chi connectivity index (χ2n) is 10.3. The highest BCUT2D eigenvalue weighted by Crippen LogP contribution is 2.60. The predicted molar refractivity (Wildman–Crippen MR) is 120 cm³/mol. The van der Waals surface area contributed by atoms with Gasteiger partial charge in [0, 0.05) is 18.3 Å². The molecule has 32 heavy (non-hydrogen) atoms. The van der Waals surface area contributed by atoms with Crippen LogP contribution in [0.2, 0.25) is 0 Å². The number of rotatable bonds is 5. The number of amides is 1. The highest BCUT2D eigenvalue weighted by atomic mass is 32.2. The van der Waals surface area contributed by atoms with Crippen molar-refractivity contribution in [2.45, 2.75) is 56.7 Å². The molecular formula is C23H31N5O3S. The van der Waals surface area contributed by atoms with Crippen molar-refractivity contribution in [2.75, 3.05) is 32.6 Å². The second-order valence-corrected chi connectivity index (χ2v) is 11.1. The van der Waals surface area contributed by atoms with Crippen molar-refractivity contribution >= 4 is 23.4 Å². The smallest absolute Gasteiger partial charge is 0.256 e. The molecule has 1 aliphatic heterocycles. The zero-order valence-corrected chi connectivity index (χ0v) is 19.6. The molecule has 0 N–H and O–H groups in total. The summed E-state index contributed by atoms with van der Waals surface area (Å²) in [7, 11) is 0. The largest absolute Gasteiger partial charge is 0.475 e. The van der Waals surface area contributed by atoms with E-state index in [0.29, 0.717) is 49.0 Å². The van der Waals surface area contributed by atoms with Gasteiger partial charge < -0.3 is 14.4 Å². The number of nitrogens with zero attached hydrogens (tertiary/aromatic N) is 5. The van der Waals surface area contributed by atoms with Crippen molar-refractivity contribution in [2.24, 2.45) is 23.2 Å². The molecule has 1 saturated heterocycles. The first-order valence-corrected chi connectivity index (χ1v) is 13.1. The van der Waals surface area contributed by atoms with Gasteiger partial charge in [0.15, 0.2) is 0 Å². The van der Waals surface area contributed by atoms with Gasteiger partial charge in [0.05, 0.1) is 18.6 Å². The highest BCUT2D eigenvalue weighted by molar-refractivity contribution is 7.98. The van der Waals surface area contributed by atoms with Gasteiger partial charge in [-0.25, -0.2) is 4.98 Å². The summed E-state index contributed by atoms with van der Waals surface area (Å²) < 4.78 is 13.7. The van der Waals surface area contributed by atoms with Crippen molar-refractivity contribution in [3.8, 4) is 5.88 Å². The molecule has 5 aliphatic rings. The quantitative estimate of drug-likeness (QED) is 0.639. The van der Waals surface area contributed by atoms with E-state index in [9.17, 15) is 4.79 Å². The molecule has 4 aliphatic carbocycles. The summed E-state index contributed by atoms with van der Waals surface area (Å²) in [5.41, 5.74) is 0.733. The fourth-order valence-corrected chi connectivity index (χ4v) is 7.35. The van der Waals surface area contributed by atoms with E-state index in [4.69, 9.17) is 9.47 Å². The van der Waals surface area contributed by atoms with Gasteiger partial charge >= 0.3 is 0 Å². The van der Waals surface area contributed by atoms with E-state index in [2.05, 4.69) is 20.0 Å². The van der Waals surface area contributed by atoms with E-state index in [0.717, 1.165) is 42.7 Å². The van der Waals surface area contributed by atoms with Crippen LogP contribution in [0.25, 0.3) is 5.78 Å². The number of hydrogen-bond donors (Lipinski definition) is 0. The zero-order chi connectivity index (χ0) is 21.9. The van der Waals surface area contributed by atoms with Crippen molar-refractivity contribution in [1.29, 1.82) is 0 Å². The lowest BCUT2D eigenvalue weighted by atomic mass is 9.49. The SMILES string of the molecule is CSc1nc2nc(C)cc(OCC3CN(C(=O)C45CC6CC(CC(C6)C4)C5)CCO3)n2n1. The Morgan fingerprint density at radius 3 is 2.62 bits per heavy atom. The minimum absolute atomic E-state index is 0.0964. The Balaban J connectivity index is 1.14. The van der Waals surface area contributed by atoms with Crippen LogP contribution in [0.1, 0.15) is 44.2 Å². The Kier molecular flexibility index (Phi) is 5.09. The molecule has 172 valence electrons. The van der Waals surface area contributed by atoms with Gasteiger partial charge in [-0.15, -0.1) is 5.10 Å². The van der Waals surface area contributed by atoms with Crippen molar-refractivity contribution in [3.63, 3.8) is 0 Å². The van der Waals surface area contributed by atoms with E-state index >= 15 is 0 Å². The maximum absolute atomic E-state index is 13.7. The number of ether oxygens (including phenoxy) is 2. The number of fused-ring (bicyclic) bond motifs is 1. The maximum Gasteiger partial charge on any atom is 0.256 e. The third-order valence-electron chi connectivity index (χ3n) is 7.91. The van der Waals surface area contributed by atoms with Crippen LogP contribution in [0.3, 0.4) is 0 Å². The van der Waals surface area contributed by atoms with Gasteiger partial charge in [-0.3, -0.25) is 4.79 Å². The normalized spacial score (nSPS) is 33.8. The van der Waals surface area contributed by atoms with E-state index in [1.807, 2.05) is 19.2 Å². The van der Waals surface area contributed by atoms with Crippen molar-refractivity contribution in [1.82, 2.24) is 24.5 Å². The summed E-state index contributed by atoms with van der Waals surface area (Å²) in [4.78, 5) is 24.6. The van der Waals surface area contributed by atoms with Gasteiger partial charge in [-0.2, -0.15) is 9.50 Å². The average molecular weight is 458 g/mol. The molecule has 2 aromatic rings. The number of carbonyl (C=O) groups is 1. The van der Waals surface area contributed by atoms with Gasteiger partial charge in [0.2, 0.25) is 16.9 Å². The van der Waals surface area contributed by atoms with Crippen LogP contribution in [0.4, 0.5) is 0 Å². The third-order valence-corrected chi connectivity index (χ3v) is 8.44. The maximum atomic E-state index is 13.7. The lowest BCUT2D eigenvalue weighted by Crippen LogP contribution is -2.58. The molecule has 5 fully saturated rings. The molecule has 4 bridgehead atoms. The molecule has 0 spiro atoms. The first-order valence-electron chi connectivity index (χ1n) is 11.8. The summed E-state index contributed by atoms with van der Waals surface area (Å²) in [5, 5.41) is 5.12. The molecule has 4 saturated carbocycles. The summed E-state index contributed by atoms with van der Waals surface area (Å²) in [6.45, 7) is 4.15. The van der Waals surface area contributed by atoms with Gasteiger partial charge in [-0.1, -0.05) is 11.8 Å². The fraction of sp³-hybridized carbons (Fsp3) is 0.739. The summed E-state index contributed by atoms with van der Waals surface area (Å²) in [6.07, 6.45) is 9.17. The lowest BCUT2D eigenvalue weighted by Gasteiger charge is -2.57. The Bertz CT molecular complexity index is 1000. The van der Waals surface area contributed by atoms with Gasteiger partial charge in [0.25, 0.3) is 5.78 Å². The molecule has 8 nitrogen and oxygen atoms in total. The van der Waals surface area contributed by atoms with Crippen LogP contribution >= 0.6 is 11.8 Å². The molecular weight excluding hydrogens is 426 g/mol. The zero-order valence-electron chi connectivity index (χ0n) is 18.8. The molecule has 1 unspecified atom stereocenters. The molecule has 3 heterocycles. The Morgan fingerprint density at radius 2 is 1.94 bits per heavy atom. The number of aromatic nitrogens is 4. The second kappa shape index (κ2) is 7.87. The number of hydrogen-bond acceptors (Lipinski definition) is 7. The third kappa shape index (κ3) is 3.57. The Labute approximate surface area is 192 Å². The van der Waals surface area contributed by atoms with Crippen LogP contribution < -0.4 is 4.74 Å². The molecule has 1 amide bonds. The van der Waals surface area contributed by atoms with E-state index in [-0.39, 0.29) is 11.5 Å². The van der Waals surface area contributed by atoms with E-state index < -0.39 is 0 Å². The highest BCUT2D eigenvalue weighted by Gasteiger charge is 2.55. The Morgan fingerprint density at radius 1 is 1.22 bits per heavy atom. The minimum atomic E-state index is -0.145. The van der Waals surface area contributed by atoms with Crippen LogP contribution in [-0.2, 0) is 9.53 Å². The van der Waals surface area contributed by atoms with Crippen LogP contribution in [-0.4, -0.2) is 69.1 Å². The number of thioether (sulfide) groups is 1. The first-order chi connectivity index (χ1) is 15.5. The van der Waals surface area contributed by atoms with Gasteiger partial charge in [0.1, 0.15) is 12.7 Å². The molecule has 7 rings (SSSR count). The number of morpholine rings is 1. The molecule has 1 atom stereocenters. The van der Waals surface area contributed by atoms with E-state index in [1.54, 1.807) is 4.52 Å². The predicted octanol–water partition coefficient (Wildman–Crippen LogP) is 2.98. The first kappa shape index (κ1) is 20.7. The lowest BCUT2D eigenvalue weighted by molar-refractivity contribution is -0.165. The van der Waals surface area contributed by atoms with Gasteiger partial charge in [-0.05, 0) is 69.5 Å².